The van der Waals surface area contributed by atoms with Gasteiger partial charge >= 0.3 is 5.97 Å². The number of aliphatic hydroxyl groups is 1. The van der Waals surface area contributed by atoms with Crippen LogP contribution in [-0.4, -0.2) is 53.4 Å². The van der Waals surface area contributed by atoms with Crippen molar-refractivity contribution < 1.29 is 24.1 Å². The maximum Gasteiger partial charge on any atom is 0.335 e. The van der Waals surface area contributed by atoms with Crippen LogP contribution >= 0.6 is 0 Å². The lowest BCUT2D eigenvalue weighted by Gasteiger charge is -2.22. The van der Waals surface area contributed by atoms with E-state index < -0.39 is 12.1 Å². The maximum atomic E-state index is 12.6. The summed E-state index contributed by atoms with van der Waals surface area (Å²) in [7, 11) is 0. The molecule has 0 bridgehead atoms. The number of hydrogen-bond donors (Lipinski definition) is 2. The van der Waals surface area contributed by atoms with Crippen LogP contribution in [0.1, 0.15) is 45.6 Å². The highest BCUT2D eigenvalue weighted by atomic mass is 19.1. The van der Waals surface area contributed by atoms with Gasteiger partial charge in [-0.25, -0.2) is 9.18 Å². The van der Waals surface area contributed by atoms with E-state index >= 15 is 0 Å². The van der Waals surface area contributed by atoms with Crippen LogP contribution in [0.25, 0.3) is 11.1 Å². The first-order chi connectivity index (χ1) is 17.7. The molecule has 3 aromatic carbocycles. The fraction of sp³-hybridized carbons (Fsp3) is 0.323. The van der Waals surface area contributed by atoms with E-state index in [9.17, 15) is 19.4 Å². The number of aromatic carboxylic acids is 1. The molecule has 1 aliphatic heterocycles. The van der Waals surface area contributed by atoms with E-state index in [2.05, 4.69) is 17.1 Å². The topological polar surface area (TPSA) is 70.0 Å². The average molecular weight is 506 g/mol. The quantitative estimate of drug-likeness (QED) is 0.361. The van der Waals surface area contributed by atoms with Crippen LogP contribution < -0.4 is 0 Å². The first-order valence-corrected chi connectivity index (χ1v) is 12.5. The molecule has 0 radical (unpaired) electrons. The molecule has 2 unspecified atom stereocenters. The van der Waals surface area contributed by atoms with Gasteiger partial charge in [-0.2, -0.15) is 0 Å². The smallest absolute Gasteiger partial charge is 0.335 e. The third-order valence-electron chi connectivity index (χ3n) is 6.40. The second kappa shape index (κ2) is 13.3. The zero-order valence-electron chi connectivity index (χ0n) is 21.9. The number of aliphatic hydroxyl groups excluding tert-OH is 1. The van der Waals surface area contributed by atoms with E-state index in [1.165, 1.54) is 6.07 Å². The number of halogens is 1. The summed E-state index contributed by atoms with van der Waals surface area (Å²) in [5.74, 6) is -1.04. The fourth-order valence-electron chi connectivity index (χ4n) is 4.25. The van der Waals surface area contributed by atoms with Crippen molar-refractivity contribution in [2.45, 2.75) is 39.9 Å². The number of hydrogen-bond acceptors (Lipinski definition) is 4. The number of nitrogens with zero attached hydrogens (tertiary/aromatic N) is 1. The van der Waals surface area contributed by atoms with E-state index in [0.29, 0.717) is 17.7 Å². The molecule has 0 spiro atoms. The number of aryl methyl sites for hydroxylation is 3. The third-order valence-corrected chi connectivity index (χ3v) is 6.40. The minimum Gasteiger partial charge on any atom is -0.478 e. The van der Waals surface area contributed by atoms with Gasteiger partial charge in [0.2, 0.25) is 0 Å². The monoisotopic (exact) mass is 505 g/mol. The van der Waals surface area contributed by atoms with Crippen molar-refractivity contribution in [2.24, 2.45) is 0 Å². The van der Waals surface area contributed by atoms with Crippen LogP contribution in [0.2, 0.25) is 0 Å². The predicted molar refractivity (Wildman–Crippen MR) is 145 cm³/mol. The number of carboxylic acids is 1. The van der Waals surface area contributed by atoms with Crippen molar-refractivity contribution >= 4 is 5.97 Å². The molecular weight excluding hydrogens is 469 g/mol. The van der Waals surface area contributed by atoms with E-state index in [0.717, 1.165) is 40.9 Å². The molecule has 0 saturated carbocycles. The molecule has 1 heterocycles. The highest BCUT2D eigenvalue weighted by molar-refractivity contribution is 5.90. The van der Waals surface area contributed by atoms with Crippen LogP contribution in [0.4, 0.5) is 4.39 Å². The summed E-state index contributed by atoms with van der Waals surface area (Å²) in [6.45, 7) is 10.0. The maximum absolute atomic E-state index is 12.6. The van der Waals surface area contributed by atoms with Crippen molar-refractivity contribution in [3.63, 3.8) is 0 Å². The van der Waals surface area contributed by atoms with Gasteiger partial charge in [-0.1, -0.05) is 60.7 Å². The van der Waals surface area contributed by atoms with Crippen molar-refractivity contribution in [3.05, 3.63) is 106 Å². The van der Waals surface area contributed by atoms with Crippen LogP contribution in [0.5, 0.6) is 0 Å². The number of ether oxygens (including phenoxy) is 1. The zero-order valence-corrected chi connectivity index (χ0v) is 21.9. The zero-order chi connectivity index (χ0) is 26.9. The molecule has 6 heteroatoms. The Bertz CT molecular complexity index is 1230. The second-order valence-corrected chi connectivity index (χ2v) is 9.49. The lowest BCUT2D eigenvalue weighted by molar-refractivity contribution is -0.0126. The summed E-state index contributed by atoms with van der Waals surface area (Å²) in [4.78, 5) is 13.4. The van der Waals surface area contributed by atoms with Crippen LogP contribution in [0.3, 0.4) is 0 Å². The average Bonchev–Trinajstić information content (AvgIpc) is 3.38. The van der Waals surface area contributed by atoms with Gasteiger partial charge in [-0.3, -0.25) is 4.90 Å². The molecule has 196 valence electrons. The normalized spacial score (nSPS) is 14.6. The standard InChI is InChI=1S/C23H27NO4.C8H9F/c1-16-13-18(9-10-20(16)23(26)27)22-8-4-3-7-21(22)17(2)28-15-19(25)14-24-11-5-6-12-24;1-6-3-4-7(2)8(9)5-6/h3-10,13,17,19,25H,11-12,14-15H2,1-2H3,(H,26,27);3-5H,1-2H3. The fourth-order valence-corrected chi connectivity index (χ4v) is 4.25. The number of β-amino-alcohol motifs (C(OH)–C–C–N with tert-alkyl or cyclic N) is 1. The molecule has 5 nitrogen and oxygen atoms in total. The molecule has 4 rings (SSSR count). The van der Waals surface area contributed by atoms with Crippen molar-refractivity contribution in [3.8, 4) is 11.1 Å². The summed E-state index contributed by atoms with van der Waals surface area (Å²) >= 11 is 0. The van der Waals surface area contributed by atoms with Crippen molar-refractivity contribution in [2.75, 3.05) is 26.2 Å². The molecular formula is C31H36FNO4. The number of rotatable bonds is 8. The van der Waals surface area contributed by atoms with E-state index in [4.69, 9.17) is 4.74 Å². The first kappa shape index (κ1) is 28.3. The summed E-state index contributed by atoms with van der Waals surface area (Å²) in [5, 5.41) is 19.5. The Labute approximate surface area is 218 Å². The molecule has 0 fully saturated rings. The molecule has 3 aromatic rings. The van der Waals surface area contributed by atoms with Gasteiger partial charge in [0.25, 0.3) is 0 Å². The number of benzene rings is 3. The Morgan fingerprint density at radius 1 is 1.00 bits per heavy atom. The van der Waals surface area contributed by atoms with Crippen molar-refractivity contribution in [1.29, 1.82) is 0 Å². The Kier molecular flexibility index (Phi) is 10.1. The SMILES string of the molecule is Cc1cc(-c2ccccc2C(C)OCC(O)CN2CC=CC2)ccc1C(=O)O.Cc1ccc(C)c(F)c1. The molecule has 0 amide bonds. The highest BCUT2D eigenvalue weighted by Gasteiger charge is 2.17. The van der Waals surface area contributed by atoms with E-state index in [1.807, 2.05) is 56.3 Å². The predicted octanol–water partition coefficient (Wildman–Crippen LogP) is 6.11. The molecule has 0 aliphatic carbocycles. The van der Waals surface area contributed by atoms with E-state index in [1.54, 1.807) is 26.0 Å². The Morgan fingerprint density at radius 2 is 1.70 bits per heavy atom. The number of carbonyl (C=O) groups is 1. The van der Waals surface area contributed by atoms with E-state index in [-0.39, 0.29) is 18.5 Å². The molecule has 0 aromatic heterocycles. The Morgan fingerprint density at radius 3 is 2.32 bits per heavy atom. The largest absolute Gasteiger partial charge is 0.478 e. The van der Waals surface area contributed by atoms with Gasteiger partial charge in [-0.05, 0) is 73.2 Å². The Balaban J connectivity index is 0.000000356. The minimum absolute atomic E-state index is 0.116. The lowest BCUT2D eigenvalue weighted by atomic mass is 9.94. The Hall–Kier alpha value is -3.32. The summed E-state index contributed by atoms with van der Waals surface area (Å²) in [6, 6.07) is 18.5. The molecule has 1 aliphatic rings. The highest BCUT2D eigenvalue weighted by Crippen LogP contribution is 2.31. The summed E-state index contributed by atoms with van der Waals surface area (Å²) in [6.07, 6.45) is 3.47. The minimum atomic E-state index is -0.920. The van der Waals surface area contributed by atoms with Gasteiger partial charge in [0.15, 0.2) is 0 Å². The molecule has 2 N–H and O–H groups in total. The van der Waals surface area contributed by atoms with Crippen LogP contribution in [-0.2, 0) is 4.74 Å². The van der Waals surface area contributed by atoms with Gasteiger partial charge in [0.05, 0.1) is 24.4 Å². The van der Waals surface area contributed by atoms with Gasteiger partial charge in [-0.15, -0.1) is 0 Å². The first-order valence-electron chi connectivity index (χ1n) is 12.5. The van der Waals surface area contributed by atoms with Crippen LogP contribution in [0, 0.1) is 26.6 Å². The molecule has 2 atom stereocenters. The molecule has 37 heavy (non-hydrogen) atoms. The third kappa shape index (κ3) is 8.09. The van der Waals surface area contributed by atoms with Gasteiger partial charge in [0.1, 0.15) is 5.82 Å². The van der Waals surface area contributed by atoms with Crippen LogP contribution in [0.15, 0.2) is 72.8 Å². The van der Waals surface area contributed by atoms with Gasteiger partial charge < -0.3 is 14.9 Å². The van der Waals surface area contributed by atoms with Crippen molar-refractivity contribution in [1.82, 2.24) is 4.90 Å². The number of carboxylic acid groups (broad SMARTS) is 1. The summed E-state index contributed by atoms with van der Waals surface area (Å²) < 4.78 is 18.5. The molecule has 0 saturated heterocycles. The second-order valence-electron chi connectivity index (χ2n) is 9.49. The van der Waals surface area contributed by atoms with Gasteiger partial charge in [0, 0.05) is 19.6 Å². The summed E-state index contributed by atoms with van der Waals surface area (Å²) in [5.41, 5.74) is 5.69. The lowest BCUT2D eigenvalue weighted by Crippen LogP contribution is -2.33.